The maximum Gasteiger partial charge on any atom is 0.304 e. The Bertz CT molecular complexity index is 1230. The van der Waals surface area contributed by atoms with Crippen molar-refractivity contribution >= 4 is 54.2 Å². The second-order valence-electron chi connectivity index (χ2n) is 7.48. The first-order valence-corrected chi connectivity index (χ1v) is 12.2. The third-order valence-electron chi connectivity index (χ3n) is 5.46. The van der Waals surface area contributed by atoms with Gasteiger partial charge in [0.05, 0.1) is 16.8 Å². The summed E-state index contributed by atoms with van der Waals surface area (Å²) >= 11 is 9.58. The minimum Gasteiger partial charge on any atom is -0.481 e. The van der Waals surface area contributed by atoms with Crippen LogP contribution in [0.3, 0.4) is 0 Å². The first-order chi connectivity index (χ1) is 13.6. The van der Waals surface area contributed by atoms with Gasteiger partial charge in [0.15, 0.2) is 9.84 Å². The number of sulfone groups is 1. The summed E-state index contributed by atoms with van der Waals surface area (Å²) in [4.78, 5) is 11.7. The smallest absolute Gasteiger partial charge is 0.304 e. The van der Waals surface area contributed by atoms with Gasteiger partial charge in [-0.2, -0.15) is 0 Å². The molecule has 0 radical (unpaired) electrons. The van der Waals surface area contributed by atoms with Crippen LogP contribution in [-0.4, -0.2) is 30.3 Å². The highest BCUT2D eigenvalue weighted by Crippen LogP contribution is 2.44. The lowest BCUT2D eigenvalue weighted by atomic mass is 10.0. The van der Waals surface area contributed by atoms with Gasteiger partial charge in [0.1, 0.15) is 0 Å². The lowest BCUT2D eigenvalue weighted by Crippen LogP contribution is -2.11. The van der Waals surface area contributed by atoms with Gasteiger partial charge in [-0.25, -0.2) is 8.42 Å². The van der Waals surface area contributed by atoms with Crippen molar-refractivity contribution in [2.75, 3.05) is 6.26 Å². The number of carbonyl (C=O) groups is 1. The summed E-state index contributed by atoms with van der Waals surface area (Å²) in [7, 11) is -3.37. The van der Waals surface area contributed by atoms with Crippen LogP contribution in [0, 0.1) is 0 Å². The van der Waals surface area contributed by atoms with E-state index in [0.29, 0.717) is 16.0 Å². The molecule has 29 heavy (non-hydrogen) atoms. The van der Waals surface area contributed by atoms with E-state index in [9.17, 15) is 18.3 Å². The largest absolute Gasteiger partial charge is 0.481 e. The van der Waals surface area contributed by atoms with Crippen LogP contribution in [0.2, 0.25) is 5.02 Å². The molecule has 152 valence electrons. The average molecular weight is 497 g/mol. The predicted molar refractivity (Wildman–Crippen MR) is 117 cm³/mol. The van der Waals surface area contributed by atoms with Gasteiger partial charge in [-0.3, -0.25) is 4.79 Å². The molecule has 8 heteroatoms. The Morgan fingerprint density at radius 2 is 1.97 bits per heavy atom. The van der Waals surface area contributed by atoms with E-state index in [-0.39, 0.29) is 17.2 Å². The van der Waals surface area contributed by atoms with Gasteiger partial charge >= 0.3 is 5.97 Å². The van der Waals surface area contributed by atoms with Crippen molar-refractivity contribution in [2.24, 2.45) is 0 Å². The molecule has 1 atom stereocenters. The average Bonchev–Trinajstić information content (AvgIpc) is 3.16. The van der Waals surface area contributed by atoms with Gasteiger partial charge in [-0.15, -0.1) is 0 Å². The maximum atomic E-state index is 12.2. The molecule has 1 N–H and O–H groups in total. The molecule has 0 fully saturated rings. The fourth-order valence-electron chi connectivity index (χ4n) is 4.24. The Balaban J connectivity index is 1.96. The maximum absolute atomic E-state index is 12.2. The van der Waals surface area contributed by atoms with E-state index in [1.165, 1.54) is 6.26 Å². The van der Waals surface area contributed by atoms with Gasteiger partial charge in [0, 0.05) is 39.3 Å². The molecule has 0 saturated heterocycles. The molecular formula is C21H19BrClNO4S. The number of benzene rings is 2. The van der Waals surface area contributed by atoms with Crippen molar-refractivity contribution in [1.29, 1.82) is 0 Å². The second-order valence-corrected chi connectivity index (χ2v) is 10.8. The number of aliphatic carboxylic acids is 1. The molecule has 0 saturated carbocycles. The first-order valence-electron chi connectivity index (χ1n) is 9.16. The van der Waals surface area contributed by atoms with Crippen LogP contribution in [-0.2, 0) is 27.6 Å². The number of carboxylic acids is 1. The lowest BCUT2D eigenvalue weighted by molar-refractivity contribution is -0.137. The molecule has 5 nitrogen and oxygen atoms in total. The highest BCUT2D eigenvalue weighted by atomic mass is 79.9. The Morgan fingerprint density at radius 1 is 1.28 bits per heavy atom. The van der Waals surface area contributed by atoms with E-state index in [1.807, 2.05) is 24.3 Å². The molecule has 0 spiro atoms. The lowest BCUT2D eigenvalue weighted by Gasteiger charge is -2.16. The van der Waals surface area contributed by atoms with Crippen LogP contribution in [0.15, 0.2) is 45.8 Å². The SMILES string of the molecule is CS(=O)(=O)c1cc(Br)c2c(c1)c1c(n2Cc2ccc(Cl)cc2)C(CC(=O)O)CC1. The number of halogens is 2. The van der Waals surface area contributed by atoms with Crippen LogP contribution in [0.1, 0.15) is 35.6 Å². The minimum atomic E-state index is -3.37. The van der Waals surface area contributed by atoms with Crippen molar-refractivity contribution in [3.05, 3.63) is 62.7 Å². The fourth-order valence-corrected chi connectivity index (χ4v) is 5.86. The Hall–Kier alpha value is -1.83. The molecule has 2 aromatic carbocycles. The highest BCUT2D eigenvalue weighted by Gasteiger charge is 2.32. The van der Waals surface area contributed by atoms with Crippen molar-refractivity contribution in [3.63, 3.8) is 0 Å². The van der Waals surface area contributed by atoms with E-state index in [4.69, 9.17) is 11.6 Å². The summed E-state index contributed by atoms with van der Waals surface area (Å²) in [5, 5.41) is 10.9. The van der Waals surface area contributed by atoms with Crippen LogP contribution in [0.25, 0.3) is 10.9 Å². The zero-order chi connectivity index (χ0) is 20.9. The molecule has 1 heterocycles. The van der Waals surface area contributed by atoms with Crippen LogP contribution in [0.4, 0.5) is 0 Å². The van der Waals surface area contributed by atoms with Crippen LogP contribution in [0.5, 0.6) is 0 Å². The number of fused-ring (bicyclic) bond motifs is 3. The number of nitrogens with zero attached hydrogens (tertiary/aromatic N) is 1. The first kappa shape index (κ1) is 20.4. The summed E-state index contributed by atoms with van der Waals surface area (Å²) in [6.07, 6.45) is 2.73. The number of aromatic nitrogens is 1. The number of hydrogen-bond donors (Lipinski definition) is 1. The van der Waals surface area contributed by atoms with E-state index in [1.54, 1.807) is 12.1 Å². The summed E-state index contributed by atoms with van der Waals surface area (Å²) in [6.45, 7) is 0.552. The highest BCUT2D eigenvalue weighted by molar-refractivity contribution is 9.10. The third-order valence-corrected chi connectivity index (χ3v) is 7.41. The molecule has 0 amide bonds. The molecule has 1 aromatic heterocycles. The Kier molecular flexibility index (Phi) is 5.25. The topological polar surface area (TPSA) is 76.4 Å². The van der Waals surface area contributed by atoms with Gasteiger partial charge in [0.2, 0.25) is 0 Å². The Morgan fingerprint density at radius 3 is 2.59 bits per heavy atom. The fraction of sp³-hybridized carbons (Fsp3) is 0.286. The van der Waals surface area contributed by atoms with E-state index >= 15 is 0 Å². The predicted octanol–water partition coefficient (Wildman–Crippen LogP) is 5.01. The molecule has 1 aliphatic carbocycles. The van der Waals surface area contributed by atoms with Crippen LogP contribution >= 0.6 is 27.5 Å². The number of hydrogen-bond acceptors (Lipinski definition) is 3. The van der Waals surface area contributed by atoms with Crippen molar-refractivity contribution in [2.45, 2.75) is 36.6 Å². The molecule has 0 aliphatic heterocycles. The van der Waals surface area contributed by atoms with E-state index in [2.05, 4.69) is 20.5 Å². The van der Waals surface area contributed by atoms with Crippen molar-refractivity contribution in [1.82, 2.24) is 4.57 Å². The molecule has 4 rings (SSSR count). The number of carboxylic acid groups (broad SMARTS) is 1. The molecule has 3 aromatic rings. The molecule has 1 unspecified atom stereocenters. The quantitative estimate of drug-likeness (QED) is 0.538. The molecule has 1 aliphatic rings. The minimum absolute atomic E-state index is 0.0560. The van der Waals surface area contributed by atoms with Crippen LogP contribution < -0.4 is 0 Å². The molecular weight excluding hydrogens is 478 g/mol. The van der Waals surface area contributed by atoms with Gasteiger partial charge in [-0.05, 0) is 64.2 Å². The molecule has 0 bridgehead atoms. The summed E-state index contributed by atoms with van der Waals surface area (Å²) in [5.41, 5.74) is 3.97. The third kappa shape index (κ3) is 3.83. The van der Waals surface area contributed by atoms with Crippen molar-refractivity contribution in [3.8, 4) is 0 Å². The van der Waals surface area contributed by atoms with E-state index < -0.39 is 15.8 Å². The normalized spacial score (nSPS) is 16.3. The summed E-state index contributed by atoms with van der Waals surface area (Å²) in [5.74, 6) is -0.933. The second kappa shape index (κ2) is 7.45. The zero-order valence-electron chi connectivity index (χ0n) is 15.7. The summed E-state index contributed by atoms with van der Waals surface area (Å²) in [6, 6.07) is 10.9. The monoisotopic (exact) mass is 495 g/mol. The summed E-state index contributed by atoms with van der Waals surface area (Å²) < 4.78 is 27.1. The van der Waals surface area contributed by atoms with Gasteiger partial charge < -0.3 is 9.67 Å². The standard InChI is InChI=1S/C21H19BrClNO4S/c1-29(27,28)15-9-17-16-7-4-13(8-19(25)26)20(16)24(21(17)18(22)10-15)11-12-2-5-14(23)6-3-12/h2-3,5-6,9-10,13H,4,7-8,11H2,1H3,(H,25,26). The van der Waals surface area contributed by atoms with Gasteiger partial charge in [-0.1, -0.05) is 23.7 Å². The number of rotatable bonds is 5. The Labute approximate surface area is 182 Å². The van der Waals surface area contributed by atoms with Crippen molar-refractivity contribution < 1.29 is 18.3 Å². The van der Waals surface area contributed by atoms with Gasteiger partial charge in [0.25, 0.3) is 0 Å². The van der Waals surface area contributed by atoms with E-state index in [0.717, 1.165) is 40.6 Å². The number of aryl methyl sites for hydroxylation is 1. The zero-order valence-corrected chi connectivity index (χ0v) is 18.8.